The molecule has 0 amide bonds. The van der Waals surface area contributed by atoms with E-state index in [0.717, 1.165) is 6.08 Å². The highest BCUT2D eigenvalue weighted by atomic mass is 16.6. The number of esters is 2. The first kappa shape index (κ1) is 17.7. The van der Waals surface area contributed by atoms with Gasteiger partial charge in [-0.05, 0) is 30.8 Å². The molecule has 142 valence electrons. The van der Waals surface area contributed by atoms with Gasteiger partial charge in [0.1, 0.15) is 11.4 Å². The highest BCUT2D eigenvalue weighted by Crippen LogP contribution is 2.67. The molecule has 0 aromatic heterocycles. The van der Waals surface area contributed by atoms with Crippen LogP contribution in [0.2, 0.25) is 0 Å². The van der Waals surface area contributed by atoms with Gasteiger partial charge in [0, 0.05) is 31.3 Å². The monoisotopic (exact) mass is 362 g/mol. The van der Waals surface area contributed by atoms with Gasteiger partial charge in [-0.2, -0.15) is 0 Å². The zero-order chi connectivity index (χ0) is 19.0. The third-order valence-electron chi connectivity index (χ3n) is 6.89. The number of allylic oxidation sites excluding steroid dienone is 1. The molecule has 0 heterocycles. The molecule has 0 saturated heterocycles. The second-order valence-electron chi connectivity index (χ2n) is 9.30. The Morgan fingerprint density at radius 2 is 1.92 bits per heavy atom. The summed E-state index contributed by atoms with van der Waals surface area (Å²) in [6, 6.07) is 0. The Morgan fingerprint density at radius 3 is 2.54 bits per heavy atom. The van der Waals surface area contributed by atoms with E-state index in [1.54, 1.807) is 6.08 Å². The molecule has 4 bridgehead atoms. The van der Waals surface area contributed by atoms with Crippen molar-refractivity contribution >= 4 is 11.9 Å². The summed E-state index contributed by atoms with van der Waals surface area (Å²) in [7, 11) is 0. The van der Waals surface area contributed by atoms with Gasteiger partial charge in [-0.1, -0.05) is 20.4 Å². The standard InChI is InChI=1S/C20H26O6/c1-4-15(21)25-14-5-13(6-14)16(22)26-20-9-17(3)7-18(23,11-20)10-19(24,8-17)12(20)2/h4-5,12-13,23-24H,1,6-11H2,2-3H3. The summed E-state index contributed by atoms with van der Waals surface area (Å²) in [5.74, 6) is -1.17. The molecule has 0 aromatic carbocycles. The van der Waals surface area contributed by atoms with Crippen LogP contribution >= 0.6 is 0 Å². The first-order chi connectivity index (χ1) is 12.0. The number of rotatable bonds is 4. The largest absolute Gasteiger partial charge is 0.458 e. The first-order valence-electron chi connectivity index (χ1n) is 9.23. The summed E-state index contributed by atoms with van der Waals surface area (Å²) in [5, 5.41) is 22.1. The van der Waals surface area contributed by atoms with Gasteiger partial charge in [0.2, 0.25) is 0 Å². The molecule has 26 heavy (non-hydrogen) atoms. The number of carbonyl (C=O) groups is 2. The van der Waals surface area contributed by atoms with E-state index >= 15 is 0 Å². The molecule has 2 N–H and O–H groups in total. The lowest BCUT2D eigenvalue weighted by Crippen LogP contribution is -2.74. The fourth-order valence-corrected chi connectivity index (χ4v) is 6.23. The van der Waals surface area contributed by atoms with Crippen LogP contribution in [0.25, 0.3) is 0 Å². The zero-order valence-electron chi connectivity index (χ0n) is 15.3. The average molecular weight is 362 g/mol. The van der Waals surface area contributed by atoms with Crippen molar-refractivity contribution in [1.82, 2.24) is 0 Å². The average Bonchev–Trinajstić information content (AvgIpc) is 2.44. The van der Waals surface area contributed by atoms with Crippen molar-refractivity contribution in [2.24, 2.45) is 17.3 Å². The molecule has 6 atom stereocenters. The van der Waals surface area contributed by atoms with Crippen LogP contribution < -0.4 is 0 Å². The minimum Gasteiger partial charge on any atom is -0.458 e. The Bertz CT molecular complexity index is 704. The van der Waals surface area contributed by atoms with Gasteiger partial charge in [0.05, 0.1) is 17.1 Å². The first-order valence-corrected chi connectivity index (χ1v) is 9.23. The molecule has 4 fully saturated rings. The topological polar surface area (TPSA) is 93.1 Å². The van der Waals surface area contributed by atoms with E-state index in [-0.39, 0.29) is 17.3 Å². The Kier molecular flexibility index (Phi) is 3.55. The number of aliphatic hydroxyl groups is 2. The van der Waals surface area contributed by atoms with Crippen LogP contribution in [0.4, 0.5) is 0 Å². The second-order valence-corrected chi connectivity index (χ2v) is 9.30. The van der Waals surface area contributed by atoms with E-state index < -0.39 is 28.7 Å². The Morgan fingerprint density at radius 1 is 1.23 bits per heavy atom. The smallest absolute Gasteiger partial charge is 0.335 e. The lowest BCUT2D eigenvalue weighted by molar-refractivity contribution is -0.310. The molecule has 0 aliphatic heterocycles. The van der Waals surface area contributed by atoms with Crippen LogP contribution in [0.5, 0.6) is 0 Å². The van der Waals surface area contributed by atoms with Crippen LogP contribution in [0.3, 0.4) is 0 Å². The third-order valence-corrected chi connectivity index (χ3v) is 6.89. The van der Waals surface area contributed by atoms with E-state index in [9.17, 15) is 19.8 Å². The van der Waals surface area contributed by atoms with Gasteiger partial charge >= 0.3 is 11.9 Å². The Labute approximate surface area is 152 Å². The normalized spacial score (nSPS) is 48.4. The number of hydrogen-bond acceptors (Lipinski definition) is 6. The van der Waals surface area contributed by atoms with E-state index in [4.69, 9.17) is 9.47 Å². The van der Waals surface area contributed by atoms with Gasteiger partial charge in [-0.15, -0.1) is 0 Å². The van der Waals surface area contributed by atoms with Gasteiger partial charge in [0.25, 0.3) is 0 Å². The minimum atomic E-state index is -1.00. The predicted octanol–water partition coefficient (Wildman–Crippen LogP) is 2.00. The predicted molar refractivity (Wildman–Crippen MR) is 91.6 cm³/mol. The molecule has 5 rings (SSSR count). The van der Waals surface area contributed by atoms with Crippen molar-refractivity contribution in [2.45, 2.75) is 69.2 Å². The summed E-state index contributed by atoms with van der Waals surface area (Å²) in [6.07, 6.45) is 5.63. The van der Waals surface area contributed by atoms with Crippen LogP contribution in [-0.4, -0.2) is 39.0 Å². The van der Waals surface area contributed by atoms with Crippen molar-refractivity contribution in [3.05, 3.63) is 24.5 Å². The summed E-state index contributed by atoms with van der Waals surface area (Å²) >= 11 is 0. The van der Waals surface area contributed by atoms with Crippen molar-refractivity contribution in [3.63, 3.8) is 0 Å². The third kappa shape index (κ3) is 2.54. The van der Waals surface area contributed by atoms with E-state index in [1.807, 2.05) is 6.92 Å². The maximum absolute atomic E-state index is 12.7. The highest BCUT2D eigenvalue weighted by Gasteiger charge is 2.71. The molecule has 6 heteroatoms. The maximum atomic E-state index is 12.7. The molecule has 4 saturated carbocycles. The highest BCUT2D eigenvalue weighted by molar-refractivity contribution is 5.83. The molecule has 0 spiro atoms. The van der Waals surface area contributed by atoms with E-state index in [1.165, 1.54) is 0 Å². The SMILES string of the molecule is C=CC(=O)OC1=CC(C(=O)OC23CC4(C)CC(O)(CC(O)(C4)C2C)C3)C1. The fourth-order valence-electron chi connectivity index (χ4n) is 6.23. The number of ether oxygens (including phenoxy) is 2. The molecule has 6 unspecified atom stereocenters. The van der Waals surface area contributed by atoms with Crippen molar-refractivity contribution < 1.29 is 29.3 Å². The summed E-state index contributed by atoms with van der Waals surface area (Å²) in [5.41, 5.74) is -3.05. The fraction of sp³-hybridized carbons (Fsp3) is 0.700. The summed E-state index contributed by atoms with van der Waals surface area (Å²) < 4.78 is 11.0. The quantitative estimate of drug-likeness (QED) is 0.587. The molecule has 6 nitrogen and oxygen atoms in total. The molecular weight excluding hydrogens is 336 g/mol. The van der Waals surface area contributed by atoms with Crippen LogP contribution in [0.15, 0.2) is 24.5 Å². The van der Waals surface area contributed by atoms with Crippen molar-refractivity contribution in [1.29, 1.82) is 0 Å². The lowest BCUT2D eigenvalue weighted by atomic mass is 9.42. The lowest BCUT2D eigenvalue weighted by Gasteiger charge is -2.69. The molecule has 0 aromatic rings. The maximum Gasteiger partial charge on any atom is 0.335 e. The minimum absolute atomic E-state index is 0.227. The number of carbonyl (C=O) groups excluding carboxylic acids is 2. The van der Waals surface area contributed by atoms with E-state index in [0.29, 0.717) is 44.3 Å². The van der Waals surface area contributed by atoms with Crippen molar-refractivity contribution in [2.75, 3.05) is 0 Å². The van der Waals surface area contributed by atoms with Crippen LogP contribution in [-0.2, 0) is 19.1 Å². The van der Waals surface area contributed by atoms with Gasteiger partial charge in [-0.25, -0.2) is 4.79 Å². The van der Waals surface area contributed by atoms with Crippen LogP contribution in [0.1, 0.15) is 52.4 Å². The molecule has 5 aliphatic carbocycles. The van der Waals surface area contributed by atoms with Crippen molar-refractivity contribution in [3.8, 4) is 0 Å². The Balaban J connectivity index is 1.52. The summed E-state index contributed by atoms with van der Waals surface area (Å²) in [6.45, 7) is 7.32. The number of hydrogen-bond donors (Lipinski definition) is 2. The Hall–Kier alpha value is -1.66. The second kappa shape index (κ2) is 5.20. The molecule has 0 radical (unpaired) electrons. The van der Waals surface area contributed by atoms with Gasteiger partial charge in [0.15, 0.2) is 0 Å². The zero-order valence-corrected chi connectivity index (χ0v) is 15.3. The van der Waals surface area contributed by atoms with Crippen LogP contribution in [0, 0.1) is 17.3 Å². The van der Waals surface area contributed by atoms with E-state index in [2.05, 4.69) is 13.5 Å². The molecule has 5 aliphatic rings. The van der Waals surface area contributed by atoms with Gasteiger partial charge < -0.3 is 19.7 Å². The molecular formula is C20H26O6. The van der Waals surface area contributed by atoms with Gasteiger partial charge in [-0.3, -0.25) is 4.79 Å². The summed E-state index contributed by atoms with van der Waals surface area (Å²) in [4.78, 5) is 23.9.